The SMILES string of the molecule is CCCCCCCCCCCCCCCCCCC/C=N\S(=O)(=O)c1cc2c(s1)S(=O)(=O)N(CCCOC)C[C@@H]2NCC. The molecule has 2 heterocycles. The molecule has 0 saturated heterocycles. The van der Waals surface area contributed by atoms with Gasteiger partial charge in [0.1, 0.15) is 8.42 Å². The highest BCUT2D eigenvalue weighted by Gasteiger charge is 2.39. The summed E-state index contributed by atoms with van der Waals surface area (Å²) in [6, 6.07) is 1.24. The van der Waals surface area contributed by atoms with Crippen molar-refractivity contribution in [2.45, 2.75) is 150 Å². The van der Waals surface area contributed by atoms with Gasteiger partial charge in [-0.25, -0.2) is 8.42 Å². The molecule has 11 heteroatoms. The van der Waals surface area contributed by atoms with Crippen molar-refractivity contribution in [1.82, 2.24) is 9.62 Å². The molecule has 0 aliphatic carbocycles. The van der Waals surface area contributed by atoms with Gasteiger partial charge in [-0.1, -0.05) is 117 Å². The fourth-order valence-corrected chi connectivity index (χ4v) is 10.4. The van der Waals surface area contributed by atoms with Gasteiger partial charge in [0.15, 0.2) is 0 Å². The van der Waals surface area contributed by atoms with Crippen molar-refractivity contribution in [3.63, 3.8) is 0 Å². The highest BCUT2D eigenvalue weighted by atomic mass is 32.3. The van der Waals surface area contributed by atoms with Gasteiger partial charge in [-0.15, -0.1) is 11.3 Å². The largest absolute Gasteiger partial charge is 0.385 e. The van der Waals surface area contributed by atoms with Crippen molar-refractivity contribution >= 4 is 37.6 Å². The van der Waals surface area contributed by atoms with E-state index in [0.29, 0.717) is 38.1 Å². The topological polar surface area (TPSA) is 105 Å². The first-order chi connectivity index (χ1) is 20.8. The first kappa shape index (κ1) is 38.3. The summed E-state index contributed by atoms with van der Waals surface area (Å²) in [5.74, 6) is 0. The first-order valence-electron chi connectivity index (χ1n) is 16.9. The molecule has 0 aromatic carbocycles. The lowest BCUT2D eigenvalue weighted by molar-refractivity contribution is 0.185. The van der Waals surface area contributed by atoms with Gasteiger partial charge >= 0.3 is 0 Å². The average Bonchev–Trinajstić information content (AvgIpc) is 3.45. The zero-order chi connectivity index (χ0) is 31.4. The summed E-state index contributed by atoms with van der Waals surface area (Å²) in [6.45, 7) is 5.92. The van der Waals surface area contributed by atoms with E-state index in [4.69, 9.17) is 4.74 Å². The Morgan fingerprint density at radius 1 is 0.907 bits per heavy atom. The molecule has 1 aromatic heterocycles. The standard InChI is InChI=1S/C32H59N3O5S3/c1-4-6-7-8-9-10-11-12-13-14-15-16-17-18-19-20-21-22-24-34-42(36,37)31-27-29-30(33-5-2)28-35(25-23-26-40-3)43(38,39)32(29)41-31/h24,27,30,33H,4-23,25-26,28H2,1-3H3/b34-24-/t30-/m0/s1. The van der Waals surface area contributed by atoms with Crippen molar-refractivity contribution in [3.8, 4) is 0 Å². The number of methoxy groups -OCH3 is 1. The Morgan fingerprint density at radius 2 is 1.44 bits per heavy atom. The molecule has 0 radical (unpaired) electrons. The number of sulfonamides is 2. The van der Waals surface area contributed by atoms with Crippen LogP contribution in [-0.4, -0.2) is 60.7 Å². The Kier molecular flexibility index (Phi) is 19.4. The molecular weight excluding hydrogens is 603 g/mol. The number of thiophene rings is 1. The van der Waals surface area contributed by atoms with Gasteiger partial charge in [0, 0.05) is 44.6 Å². The molecule has 1 atom stereocenters. The average molecular weight is 662 g/mol. The Hall–Kier alpha value is -0.850. The summed E-state index contributed by atoms with van der Waals surface area (Å²) < 4.78 is 62.9. The van der Waals surface area contributed by atoms with Crippen LogP contribution in [0.4, 0.5) is 0 Å². The van der Waals surface area contributed by atoms with E-state index in [1.807, 2.05) is 6.92 Å². The molecule has 2 rings (SSSR count). The van der Waals surface area contributed by atoms with Crippen LogP contribution < -0.4 is 5.32 Å². The van der Waals surface area contributed by atoms with Gasteiger partial charge in [-0.05, 0) is 31.9 Å². The van der Waals surface area contributed by atoms with Crippen LogP contribution in [0.5, 0.6) is 0 Å². The second kappa shape index (κ2) is 21.8. The lowest BCUT2D eigenvalue weighted by atomic mass is 10.0. The van der Waals surface area contributed by atoms with Crippen LogP contribution in [0.25, 0.3) is 0 Å². The van der Waals surface area contributed by atoms with Crippen LogP contribution in [0.1, 0.15) is 147 Å². The van der Waals surface area contributed by atoms with Crippen LogP contribution in [0.2, 0.25) is 0 Å². The van der Waals surface area contributed by atoms with Gasteiger partial charge in [-0.2, -0.15) is 17.1 Å². The van der Waals surface area contributed by atoms with Gasteiger partial charge in [0.25, 0.3) is 20.0 Å². The number of hydrogen-bond acceptors (Lipinski definition) is 7. The number of nitrogens with zero attached hydrogens (tertiary/aromatic N) is 2. The minimum Gasteiger partial charge on any atom is -0.385 e. The van der Waals surface area contributed by atoms with Crippen LogP contribution in [0.3, 0.4) is 0 Å². The minimum absolute atomic E-state index is 0.0126. The van der Waals surface area contributed by atoms with Crippen LogP contribution >= 0.6 is 11.3 Å². The summed E-state index contributed by atoms with van der Waals surface area (Å²) >= 11 is 0.810. The normalized spacial score (nSPS) is 17.1. The zero-order valence-corrected chi connectivity index (χ0v) is 29.6. The number of likely N-dealkylation sites (N-methyl/N-ethyl adjacent to an activating group) is 1. The first-order valence-corrected chi connectivity index (χ1v) is 20.6. The molecule has 0 bridgehead atoms. The molecule has 43 heavy (non-hydrogen) atoms. The number of hydrogen-bond donors (Lipinski definition) is 1. The van der Waals surface area contributed by atoms with Gasteiger partial charge in [0.05, 0.1) is 0 Å². The molecule has 0 unspecified atom stereocenters. The molecule has 0 spiro atoms. The van der Waals surface area contributed by atoms with E-state index in [1.165, 1.54) is 113 Å². The molecule has 1 aromatic rings. The van der Waals surface area contributed by atoms with Crippen molar-refractivity contribution in [2.75, 3.05) is 33.4 Å². The molecule has 0 amide bonds. The maximum atomic E-state index is 13.3. The van der Waals surface area contributed by atoms with Crippen LogP contribution in [0, 0.1) is 0 Å². The Labute approximate surface area is 267 Å². The van der Waals surface area contributed by atoms with E-state index >= 15 is 0 Å². The Morgan fingerprint density at radius 3 is 1.95 bits per heavy atom. The van der Waals surface area contributed by atoms with Gasteiger partial charge in [0.2, 0.25) is 0 Å². The monoisotopic (exact) mass is 661 g/mol. The molecular formula is C32H59N3O5S3. The van der Waals surface area contributed by atoms with Crippen molar-refractivity contribution in [1.29, 1.82) is 0 Å². The number of ether oxygens (including phenoxy) is 1. The molecule has 1 aliphatic rings. The maximum absolute atomic E-state index is 13.3. The van der Waals surface area contributed by atoms with Gasteiger partial charge in [-0.3, -0.25) is 0 Å². The lowest BCUT2D eigenvalue weighted by Gasteiger charge is -2.32. The van der Waals surface area contributed by atoms with Crippen LogP contribution in [-0.2, 0) is 24.8 Å². The highest BCUT2D eigenvalue weighted by Crippen LogP contribution is 2.40. The van der Waals surface area contributed by atoms with E-state index in [2.05, 4.69) is 16.6 Å². The third kappa shape index (κ3) is 14.0. The smallest absolute Gasteiger partial charge is 0.291 e. The fourth-order valence-electron chi connectivity index (χ4n) is 5.64. The molecule has 1 aliphatic heterocycles. The molecule has 1 N–H and O–H groups in total. The fraction of sp³-hybridized carbons (Fsp3) is 0.844. The summed E-state index contributed by atoms with van der Waals surface area (Å²) in [7, 11) is -6.13. The molecule has 8 nitrogen and oxygen atoms in total. The maximum Gasteiger partial charge on any atom is 0.291 e. The zero-order valence-electron chi connectivity index (χ0n) is 27.2. The van der Waals surface area contributed by atoms with E-state index in [-0.39, 0.29) is 21.0 Å². The Balaban J connectivity index is 1.66. The predicted molar refractivity (Wildman–Crippen MR) is 180 cm³/mol. The second-order valence-electron chi connectivity index (χ2n) is 11.8. The summed E-state index contributed by atoms with van der Waals surface area (Å²) in [5, 5.41) is 3.31. The molecule has 0 saturated carbocycles. The Bertz CT molecular complexity index is 1120. The molecule has 250 valence electrons. The number of fused-ring (bicyclic) bond motifs is 1. The summed E-state index contributed by atoms with van der Waals surface area (Å²) in [6.07, 6.45) is 24.9. The van der Waals surface area contributed by atoms with E-state index in [9.17, 15) is 16.8 Å². The highest BCUT2D eigenvalue weighted by molar-refractivity contribution is 7.94. The lowest BCUT2D eigenvalue weighted by Crippen LogP contribution is -2.43. The van der Waals surface area contributed by atoms with E-state index in [0.717, 1.165) is 24.2 Å². The summed E-state index contributed by atoms with van der Waals surface area (Å²) in [4.78, 5) is 0. The third-order valence-corrected chi connectivity index (χ3v) is 13.4. The van der Waals surface area contributed by atoms with Gasteiger partial charge < -0.3 is 10.1 Å². The van der Waals surface area contributed by atoms with E-state index < -0.39 is 20.0 Å². The van der Waals surface area contributed by atoms with Crippen molar-refractivity contribution in [3.05, 3.63) is 11.6 Å². The van der Waals surface area contributed by atoms with Crippen molar-refractivity contribution < 1.29 is 21.6 Å². The quantitative estimate of drug-likeness (QED) is 0.0792. The van der Waals surface area contributed by atoms with E-state index in [1.54, 1.807) is 7.11 Å². The minimum atomic E-state index is -3.95. The summed E-state index contributed by atoms with van der Waals surface area (Å²) in [5.41, 5.74) is 0.525. The number of rotatable bonds is 26. The second-order valence-corrected chi connectivity index (χ2v) is 16.9. The van der Waals surface area contributed by atoms with Crippen LogP contribution in [0.15, 0.2) is 18.9 Å². The predicted octanol–water partition coefficient (Wildman–Crippen LogP) is 8.24. The number of unbranched alkanes of at least 4 members (excludes halogenated alkanes) is 17. The number of nitrogens with one attached hydrogen (secondary N) is 1. The van der Waals surface area contributed by atoms with Crippen molar-refractivity contribution in [2.24, 2.45) is 4.40 Å². The molecule has 0 fully saturated rings. The third-order valence-electron chi connectivity index (χ3n) is 8.15.